The molecule has 3 N–H and O–H groups in total. The van der Waals surface area contributed by atoms with Crippen LogP contribution in [0, 0.1) is 0 Å². The van der Waals surface area contributed by atoms with Gasteiger partial charge in [0.05, 0.1) is 0 Å². The first-order chi connectivity index (χ1) is 9.49. The molecule has 0 spiro atoms. The van der Waals surface area contributed by atoms with Crippen LogP contribution in [-0.2, 0) is 6.42 Å². The molecule has 2 rings (SSSR count). The van der Waals surface area contributed by atoms with E-state index < -0.39 is 0 Å². The Morgan fingerprint density at radius 1 is 1.25 bits per heavy atom. The Morgan fingerprint density at radius 3 is 2.60 bits per heavy atom. The number of nitrogens with one attached hydrogen (secondary N) is 1. The number of fused-ring (bicyclic) bond motifs is 1. The lowest BCUT2D eigenvalue weighted by Crippen LogP contribution is -2.41. The molecule has 112 valence electrons. The van der Waals surface area contributed by atoms with Gasteiger partial charge in [-0.1, -0.05) is 6.07 Å². The van der Waals surface area contributed by atoms with Crippen LogP contribution in [0.4, 0.5) is 5.69 Å². The van der Waals surface area contributed by atoms with E-state index in [0.717, 1.165) is 25.2 Å². The molecule has 1 aliphatic carbocycles. The number of hydrogen-bond donors (Lipinski definition) is 2. The maximum absolute atomic E-state index is 5.86. The average molecular weight is 275 g/mol. The molecule has 3 nitrogen and oxygen atoms in total. The summed E-state index contributed by atoms with van der Waals surface area (Å²) in [5, 5.41) is 3.71. The van der Waals surface area contributed by atoms with Crippen molar-refractivity contribution >= 4 is 5.69 Å². The normalized spacial score (nSPS) is 18.2. The lowest BCUT2D eigenvalue weighted by atomic mass is 10.1. The minimum absolute atomic E-state index is 0.506. The second-order valence-corrected chi connectivity index (χ2v) is 6.43. The van der Waals surface area contributed by atoms with Crippen LogP contribution in [0.15, 0.2) is 18.2 Å². The van der Waals surface area contributed by atoms with Gasteiger partial charge in [-0.15, -0.1) is 0 Å². The predicted octanol–water partition coefficient (Wildman–Crippen LogP) is 2.96. The fraction of sp³-hybridized carbons (Fsp3) is 0.647. The van der Waals surface area contributed by atoms with Crippen molar-refractivity contribution in [3.05, 3.63) is 29.3 Å². The smallest absolute Gasteiger partial charge is 0.0326 e. The van der Waals surface area contributed by atoms with Crippen LogP contribution >= 0.6 is 0 Å². The third-order valence-electron chi connectivity index (χ3n) is 4.33. The van der Waals surface area contributed by atoms with Crippen LogP contribution in [0.5, 0.6) is 0 Å². The number of aryl methyl sites for hydroxylation is 1. The number of nitrogen functional groups attached to an aromatic ring is 1. The lowest BCUT2D eigenvalue weighted by Gasteiger charge is -2.31. The van der Waals surface area contributed by atoms with Gasteiger partial charge in [0, 0.05) is 36.9 Å². The van der Waals surface area contributed by atoms with E-state index >= 15 is 0 Å². The van der Waals surface area contributed by atoms with Crippen molar-refractivity contribution in [2.75, 3.05) is 18.8 Å². The summed E-state index contributed by atoms with van der Waals surface area (Å²) >= 11 is 0. The van der Waals surface area contributed by atoms with E-state index in [4.69, 9.17) is 5.73 Å². The monoisotopic (exact) mass is 275 g/mol. The van der Waals surface area contributed by atoms with Crippen LogP contribution < -0.4 is 11.1 Å². The Labute approximate surface area is 123 Å². The first kappa shape index (κ1) is 15.3. The van der Waals surface area contributed by atoms with E-state index in [0.29, 0.717) is 18.1 Å². The average Bonchev–Trinajstić information content (AvgIpc) is 2.76. The van der Waals surface area contributed by atoms with Crippen LogP contribution in [0.1, 0.15) is 51.3 Å². The molecule has 0 amide bonds. The molecule has 0 fully saturated rings. The SMILES string of the molecule is CC(C)N(CCNC1CCc2cc(N)ccc21)C(C)C. The molecule has 1 atom stereocenters. The predicted molar refractivity (Wildman–Crippen MR) is 86.9 cm³/mol. The molecule has 1 unspecified atom stereocenters. The Hall–Kier alpha value is -1.06. The zero-order valence-electron chi connectivity index (χ0n) is 13.3. The Morgan fingerprint density at radius 2 is 1.95 bits per heavy atom. The Kier molecular flexibility index (Phi) is 5.06. The molecule has 1 aromatic carbocycles. The van der Waals surface area contributed by atoms with Gasteiger partial charge in [-0.2, -0.15) is 0 Å². The standard InChI is InChI=1S/C17H29N3/c1-12(2)20(13(3)4)10-9-19-17-8-5-14-11-15(18)6-7-16(14)17/h6-7,11-13,17,19H,5,8-10,18H2,1-4H3. The van der Waals surface area contributed by atoms with Gasteiger partial charge in [0.15, 0.2) is 0 Å². The molecule has 0 bridgehead atoms. The molecule has 1 aromatic rings. The highest BCUT2D eigenvalue weighted by Crippen LogP contribution is 2.32. The molecule has 3 heteroatoms. The first-order valence-corrected chi connectivity index (χ1v) is 7.86. The van der Waals surface area contributed by atoms with Gasteiger partial charge >= 0.3 is 0 Å². The van der Waals surface area contributed by atoms with Crippen LogP contribution in [0.25, 0.3) is 0 Å². The summed E-state index contributed by atoms with van der Waals surface area (Å²) in [4.78, 5) is 2.53. The van der Waals surface area contributed by atoms with E-state index in [2.05, 4.69) is 50.0 Å². The number of benzene rings is 1. The third kappa shape index (κ3) is 3.53. The summed E-state index contributed by atoms with van der Waals surface area (Å²) in [6.07, 6.45) is 2.35. The third-order valence-corrected chi connectivity index (χ3v) is 4.33. The summed E-state index contributed by atoms with van der Waals surface area (Å²) in [6.45, 7) is 11.2. The molecule has 0 radical (unpaired) electrons. The molecule has 0 saturated carbocycles. The van der Waals surface area contributed by atoms with Crippen molar-refractivity contribution in [1.29, 1.82) is 0 Å². The number of hydrogen-bond acceptors (Lipinski definition) is 3. The van der Waals surface area contributed by atoms with Crippen molar-refractivity contribution in [2.24, 2.45) is 0 Å². The highest BCUT2D eigenvalue weighted by molar-refractivity contribution is 5.47. The highest BCUT2D eigenvalue weighted by atomic mass is 15.2. The molecular weight excluding hydrogens is 246 g/mol. The maximum atomic E-state index is 5.86. The van der Waals surface area contributed by atoms with E-state index in [1.165, 1.54) is 17.5 Å². The minimum atomic E-state index is 0.506. The van der Waals surface area contributed by atoms with Gasteiger partial charge in [0.2, 0.25) is 0 Å². The Bertz CT molecular complexity index is 432. The van der Waals surface area contributed by atoms with Gasteiger partial charge in [0.1, 0.15) is 0 Å². The van der Waals surface area contributed by atoms with Crippen LogP contribution in [0.3, 0.4) is 0 Å². The lowest BCUT2D eigenvalue weighted by molar-refractivity contribution is 0.174. The molecule has 0 aliphatic heterocycles. The van der Waals surface area contributed by atoms with E-state index in [1.807, 2.05) is 6.07 Å². The van der Waals surface area contributed by atoms with Gasteiger partial charge < -0.3 is 11.1 Å². The van der Waals surface area contributed by atoms with Gasteiger partial charge in [-0.25, -0.2) is 0 Å². The summed E-state index contributed by atoms with van der Waals surface area (Å²) < 4.78 is 0. The summed E-state index contributed by atoms with van der Waals surface area (Å²) in [7, 11) is 0. The highest BCUT2D eigenvalue weighted by Gasteiger charge is 2.22. The summed E-state index contributed by atoms with van der Waals surface area (Å²) in [5.74, 6) is 0. The number of rotatable bonds is 6. The summed E-state index contributed by atoms with van der Waals surface area (Å²) in [6, 6.07) is 8.06. The van der Waals surface area contributed by atoms with Gasteiger partial charge in [-0.3, -0.25) is 4.90 Å². The fourth-order valence-electron chi connectivity index (χ4n) is 3.33. The number of nitrogens with two attached hydrogens (primary N) is 1. The summed E-state index contributed by atoms with van der Waals surface area (Å²) in [5.41, 5.74) is 9.61. The quantitative estimate of drug-likeness (QED) is 0.784. The topological polar surface area (TPSA) is 41.3 Å². The number of anilines is 1. The molecule has 0 saturated heterocycles. The largest absolute Gasteiger partial charge is 0.399 e. The molecule has 20 heavy (non-hydrogen) atoms. The Balaban J connectivity index is 1.88. The first-order valence-electron chi connectivity index (χ1n) is 7.86. The molecule has 1 aliphatic rings. The van der Waals surface area contributed by atoms with Crippen LogP contribution in [-0.4, -0.2) is 30.1 Å². The van der Waals surface area contributed by atoms with Crippen molar-refractivity contribution in [1.82, 2.24) is 10.2 Å². The van der Waals surface area contributed by atoms with Gasteiger partial charge in [-0.05, 0) is 63.8 Å². The van der Waals surface area contributed by atoms with E-state index in [-0.39, 0.29) is 0 Å². The van der Waals surface area contributed by atoms with Crippen molar-refractivity contribution < 1.29 is 0 Å². The van der Waals surface area contributed by atoms with Crippen LogP contribution in [0.2, 0.25) is 0 Å². The van der Waals surface area contributed by atoms with E-state index in [9.17, 15) is 0 Å². The molecule has 0 heterocycles. The maximum Gasteiger partial charge on any atom is 0.0326 e. The molecule has 0 aromatic heterocycles. The zero-order valence-corrected chi connectivity index (χ0v) is 13.3. The van der Waals surface area contributed by atoms with Gasteiger partial charge in [0.25, 0.3) is 0 Å². The second kappa shape index (κ2) is 6.59. The van der Waals surface area contributed by atoms with Crippen molar-refractivity contribution in [2.45, 2.75) is 58.7 Å². The minimum Gasteiger partial charge on any atom is -0.399 e. The van der Waals surface area contributed by atoms with Crippen molar-refractivity contribution in [3.63, 3.8) is 0 Å². The fourth-order valence-corrected chi connectivity index (χ4v) is 3.33. The second-order valence-electron chi connectivity index (χ2n) is 6.43. The zero-order chi connectivity index (χ0) is 14.7. The van der Waals surface area contributed by atoms with E-state index in [1.54, 1.807) is 0 Å². The molecular formula is C17H29N3. The van der Waals surface area contributed by atoms with Crippen molar-refractivity contribution in [3.8, 4) is 0 Å². The number of nitrogens with zero attached hydrogens (tertiary/aromatic N) is 1.